The summed E-state index contributed by atoms with van der Waals surface area (Å²) in [6.45, 7) is 6.00. The molecule has 8 amide bonds. The predicted molar refractivity (Wildman–Crippen MR) is 271 cm³/mol. The molecule has 26 nitrogen and oxygen atoms in total. The van der Waals surface area contributed by atoms with Crippen LogP contribution in [0.1, 0.15) is 91.0 Å². The van der Waals surface area contributed by atoms with Gasteiger partial charge in [-0.2, -0.15) is 11.8 Å². The number of carboxylic acid groups (broad SMARTS) is 3. The molecule has 8 atom stereocenters. The first-order valence-corrected chi connectivity index (χ1v) is 25.7. The fourth-order valence-corrected chi connectivity index (χ4v) is 8.15. The summed E-state index contributed by atoms with van der Waals surface area (Å²) in [6, 6.07) is -1.86. The zero-order valence-corrected chi connectivity index (χ0v) is 43.2. The van der Waals surface area contributed by atoms with Gasteiger partial charge in [0.15, 0.2) is 5.96 Å². The fraction of sp³-hybridized carbons (Fsp3) is 0.617. The van der Waals surface area contributed by atoms with E-state index in [4.69, 9.17) is 17.2 Å². The molecule has 0 bridgehead atoms. The molecule has 27 heteroatoms. The minimum atomic E-state index is -1.60. The van der Waals surface area contributed by atoms with Gasteiger partial charge in [-0.05, 0) is 74.4 Å². The second-order valence-electron chi connectivity index (χ2n) is 18.4. The van der Waals surface area contributed by atoms with Crippen LogP contribution in [0.25, 0.3) is 0 Å². The number of aliphatic imine (C=N–C) groups is 1. The SMILES string of the molecule is CSCC[C@H](NC(=O)[C@H](Cc1ccccc1)NC(=O)[C@@H](NC(=O)[C@@H]1CCCN1C(=O)[C@H](CCC(=O)O)NC(=O)[C@H](CCC(=O)O)NC(=O)CNC(=O)[C@@H](N)CCCN=C(N)N)C(C)C)C(=O)N[C@H](C(=O)O)C(C)C. The normalized spacial score (nSPS) is 15.9. The van der Waals surface area contributed by atoms with Crippen LogP contribution in [0.15, 0.2) is 35.3 Å². The molecule has 74 heavy (non-hydrogen) atoms. The van der Waals surface area contributed by atoms with Gasteiger partial charge in [-0.1, -0.05) is 58.0 Å². The molecular formula is C47H74N12O14S. The summed E-state index contributed by atoms with van der Waals surface area (Å²) in [5.41, 5.74) is 17.1. The van der Waals surface area contributed by atoms with Crippen molar-refractivity contribution in [2.75, 3.05) is 31.6 Å². The van der Waals surface area contributed by atoms with Crippen molar-refractivity contribution in [1.82, 2.24) is 42.1 Å². The highest BCUT2D eigenvalue weighted by atomic mass is 32.2. The topological polar surface area (TPSA) is 426 Å². The lowest BCUT2D eigenvalue weighted by Crippen LogP contribution is -2.61. The molecule has 2 rings (SSSR count). The molecular weight excluding hydrogens is 989 g/mol. The molecule has 0 saturated carbocycles. The fourth-order valence-electron chi connectivity index (χ4n) is 7.68. The number of hydrogen-bond acceptors (Lipinski definition) is 14. The Morgan fingerprint density at radius 1 is 0.689 bits per heavy atom. The van der Waals surface area contributed by atoms with Gasteiger partial charge in [0.1, 0.15) is 42.3 Å². The minimum absolute atomic E-state index is 0.0286. The molecule has 1 aliphatic heterocycles. The van der Waals surface area contributed by atoms with Gasteiger partial charge < -0.3 is 74.6 Å². The van der Waals surface area contributed by atoms with Crippen LogP contribution in [0.3, 0.4) is 0 Å². The van der Waals surface area contributed by atoms with Crippen LogP contribution in [0, 0.1) is 11.8 Å². The van der Waals surface area contributed by atoms with E-state index in [2.05, 4.69) is 42.2 Å². The molecule has 1 heterocycles. The summed E-state index contributed by atoms with van der Waals surface area (Å²) < 4.78 is 0. The molecule has 0 unspecified atom stereocenters. The number of rotatable bonds is 33. The number of nitrogens with two attached hydrogens (primary N) is 3. The number of aliphatic carboxylic acids is 3. The second kappa shape index (κ2) is 32.2. The maximum Gasteiger partial charge on any atom is 0.326 e. The summed E-state index contributed by atoms with van der Waals surface area (Å²) in [5, 5.41) is 46.3. The molecule has 0 radical (unpaired) electrons. The summed E-state index contributed by atoms with van der Waals surface area (Å²) >= 11 is 1.39. The molecule has 16 N–H and O–H groups in total. The third-order valence-electron chi connectivity index (χ3n) is 11.8. The Bertz CT molecular complexity index is 2150. The molecule has 412 valence electrons. The van der Waals surface area contributed by atoms with E-state index < -0.39 is 158 Å². The van der Waals surface area contributed by atoms with Gasteiger partial charge >= 0.3 is 17.9 Å². The predicted octanol–water partition coefficient (Wildman–Crippen LogP) is -2.49. The number of nitrogens with one attached hydrogen (secondary N) is 7. The van der Waals surface area contributed by atoms with Gasteiger partial charge in [0.25, 0.3) is 0 Å². The number of carbonyl (C=O) groups excluding carboxylic acids is 8. The molecule has 0 aliphatic carbocycles. The Hall–Kier alpha value is -7.03. The van der Waals surface area contributed by atoms with E-state index in [9.17, 15) is 68.1 Å². The van der Waals surface area contributed by atoms with Crippen molar-refractivity contribution < 1.29 is 68.1 Å². The van der Waals surface area contributed by atoms with Crippen LogP contribution in [-0.2, 0) is 59.2 Å². The molecule has 1 aromatic carbocycles. The largest absolute Gasteiger partial charge is 0.481 e. The molecule has 1 aliphatic rings. The molecule has 0 spiro atoms. The highest BCUT2D eigenvalue weighted by Crippen LogP contribution is 2.21. The number of carbonyl (C=O) groups is 11. The minimum Gasteiger partial charge on any atom is -0.481 e. The number of guanidine groups is 1. The van der Waals surface area contributed by atoms with E-state index in [1.807, 2.05) is 0 Å². The van der Waals surface area contributed by atoms with Crippen LogP contribution < -0.4 is 54.4 Å². The highest BCUT2D eigenvalue weighted by Gasteiger charge is 2.41. The first-order valence-electron chi connectivity index (χ1n) is 24.3. The molecule has 0 aromatic heterocycles. The number of likely N-dealkylation sites (tertiary alicyclic amines) is 1. The van der Waals surface area contributed by atoms with Crippen LogP contribution in [-0.4, -0.2) is 171 Å². The van der Waals surface area contributed by atoms with Gasteiger partial charge in [-0.3, -0.25) is 52.9 Å². The van der Waals surface area contributed by atoms with Crippen molar-refractivity contribution in [2.45, 2.75) is 140 Å². The van der Waals surface area contributed by atoms with Gasteiger partial charge in [0.2, 0.25) is 47.3 Å². The average molecular weight is 1060 g/mol. The maximum atomic E-state index is 14.3. The molecule has 1 saturated heterocycles. The summed E-state index contributed by atoms with van der Waals surface area (Å²) in [4.78, 5) is 149. The first kappa shape index (κ1) is 63.1. The number of hydrogen-bond donors (Lipinski definition) is 13. The van der Waals surface area contributed by atoms with E-state index >= 15 is 0 Å². The van der Waals surface area contributed by atoms with Crippen molar-refractivity contribution in [3.8, 4) is 0 Å². The lowest BCUT2D eigenvalue weighted by Gasteiger charge is -2.31. The Labute approximate surface area is 433 Å². The zero-order valence-electron chi connectivity index (χ0n) is 42.4. The van der Waals surface area contributed by atoms with E-state index in [0.717, 1.165) is 4.90 Å². The van der Waals surface area contributed by atoms with Crippen LogP contribution in [0.2, 0.25) is 0 Å². The van der Waals surface area contributed by atoms with E-state index in [-0.39, 0.29) is 51.2 Å². The third-order valence-corrected chi connectivity index (χ3v) is 12.4. The second-order valence-corrected chi connectivity index (χ2v) is 19.4. The number of carboxylic acids is 3. The standard InChI is InChI=1S/C47H74N12O14S/c1-25(2)37(44(70)56-32(23-27-11-7-6-8-12-27)42(68)54-30(19-22-74-5)41(67)58-38(26(3)4)46(72)73)57-43(69)33-14-10-21-59(33)45(71)31(16-18-36(63)64)55-40(66)29(15-17-35(61)62)53-34(60)24-52-39(65)28(48)13-9-20-51-47(49)50/h6-8,11-12,25-26,28-33,37-38H,9-10,13-24,48H2,1-5H3,(H,52,65)(H,53,60)(H,54,68)(H,55,66)(H,56,70)(H,57,69)(H,58,67)(H,61,62)(H,63,64)(H,72,73)(H4,49,50,51)/t28-,29-,30-,31-,32-,33-,37-,38-/m0/s1. The monoisotopic (exact) mass is 1060 g/mol. The third kappa shape index (κ3) is 22.4. The van der Waals surface area contributed by atoms with Gasteiger partial charge in [-0.15, -0.1) is 0 Å². The summed E-state index contributed by atoms with van der Waals surface area (Å²) in [7, 11) is 0. The summed E-state index contributed by atoms with van der Waals surface area (Å²) in [6.07, 6.45) is 0.506. The van der Waals surface area contributed by atoms with Gasteiger partial charge in [0.05, 0.1) is 12.6 Å². The Morgan fingerprint density at radius 2 is 1.24 bits per heavy atom. The van der Waals surface area contributed by atoms with E-state index in [1.54, 1.807) is 64.3 Å². The van der Waals surface area contributed by atoms with Crippen molar-refractivity contribution >= 4 is 82.9 Å². The van der Waals surface area contributed by atoms with Crippen LogP contribution >= 0.6 is 11.8 Å². The highest BCUT2D eigenvalue weighted by molar-refractivity contribution is 7.98. The Balaban J connectivity index is 2.33. The lowest BCUT2D eigenvalue weighted by atomic mass is 10.00. The Morgan fingerprint density at radius 3 is 1.81 bits per heavy atom. The van der Waals surface area contributed by atoms with Crippen molar-refractivity contribution in [3.63, 3.8) is 0 Å². The van der Waals surface area contributed by atoms with Crippen LogP contribution in [0.5, 0.6) is 0 Å². The van der Waals surface area contributed by atoms with Crippen molar-refractivity contribution in [2.24, 2.45) is 34.0 Å². The number of thioether (sulfide) groups is 1. The van der Waals surface area contributed by atoms with Crippen LogP contribution in [0.4, 0.5) is 0 Å². The smallest absolute Gasteiger partial charge is 0.326 e. The van der Waals surface area contributed by atoms with Gasteiger partial charge in [0, 0.05) is 32.4 Å². The lowest BCUT2D eigenvalue weighted by molar-refractivity contribution is -0.144. The van der Waals surface area contributed by atoms with Crippen molar-refractivity contribution in [1.29, 1.82) is 0 Å². The summed E-state index contributed by atoms with van der Waals surface area (Å²) in [5.74, 6) is -11.4. The van der Waals surface area contributed by atoms with E-state index in [0.29, 0.717) is 17.7 Å². The number of amides is 8. The average Bonchev–Trinajstić information content (AvgIpc) is 3.84. The molecule has 1 aromatic rings. The first-order chi connectivity index (χ1) is 34.9. The quantitative estimate of drug-likeness (QED) is 0.0197. The zero-order chi connectivity index (χ0) is 55.7. The number of benzene rings is 1. The maximum absolute atomic E-state index is 14.3. The van der Waals surface area contributed by atoms with E-state index in [1.165, 1.54) is 11.8 Å². The Kier molecular flexibility index (Phi) is 27.5. The number of nitrogens with zero attached hydrogens (tertiary/aromatic N) is 2. The van der Waals surface area contributed by atoms with Crippen molar-refractivity contribution in [3.05, 3.63) is 35.9 Å². The molecule has 1 fully saturated rings. The van der Waals surface area contributed by atoms with Gasteiger partial charge in [-0.25, -0.2) is 4.79 Å².